The minimum absolute atomic E-state index is 0.0912. The highest BCUT2D eigenvalue weighted by molar-refractivity contribution is 5.97. The molecule has 0 spiro atoms. The average Bonchev–Trinajstić information content (AvgIpc) is 2.58. The summed E-state index contributed by atoms with van der Waals surface area (Å²) in [5, 5.41) is 2.45. The summed E-state index contributed by atoms with van der Waals surface area (Å²) in [5.41, 5.74) is 3.20. The van der Waals surface area contributed by atoms with Gasteiger partial charge in [-0.05, 0) is 34.4 Å². The summed E-state index contributed by atoms with van der Waals surface area (Å²) in [6.07, 6.45) is 0.867. The first kappa shape index (κ1) is 13.1. The SMILES string of the molecule is CN1C(=O)c2ccccc2CC1c1cccc2ccccc12. The lowest BCUT2D eigenvalue weighted by atomic mass is 9.88. The predicted molar refractivity (Wildman–Crippen MR) is 88.9 cm³/mol. The highest BCUT2D eigenvalue weighted by atomic mass is 16.2. The molecule has 3 aromatic rings. The van der Waals surface area contributed by atoms with E-state index in [1.165, 1.54) is 16.3 Å². The van der Waals surface area contributed by atoms with Gasteiger partial charge in [0.05, 0.1) is 6.04 Å². The van der Waals surface area contributed by atoms with Crippen LogP contribution in [0.3, 0.4) is 0 Å². The second-order valence-electron chi connectivity index (χ2n) is 5.86. The van der Waals surface area contributed by atoms with Crippen molar-refractivity contribution in [2.24, 2.45) is 0 Å². The maximum atomic E-state index is 12.7. The summed E-state index contributed by atoms with van der Waals surface area (Å²) in [6, 6.07) is 22.8. The van der Waals surface area contributed by atoms with E-state index in [9.17, 15) is 4.79 Å². The minimum atomic E-state index is 0.0912. The summed E-state index contributed by atoms with van der Waals surface area (Å²) < 4.78 is 0. The molecule has 1 aliphatic heterocycles. The van der Waals surface area contributed by atoms with E-state index in [0.29, 0.717) is 0 Å². The molecule has 0 radical (unpaired) electrons. The molecule has 4 rings (SSSR count). The number of benzene rings is 3. The normalized spacial score (nSPS) is 17.6. The first-order chi connectivity index (χ1) is 10.8. The van der Waals surface area contributed by atoms with Crippen molar-refractivity contribution in [2.75, 3.05) is 7.05 Å². The Morgan fingerprint density at radius 3 is 2.55 bits per heavy atom. The number of carbonyl (C=O) groups excluding carboxylic acids is 1. The number of fused-ring (bicyclic) bond motifs is 2. The Balaban J connectivity index is 1.88. The Morgan fingerprint density at radius 2 is 1.64 bits per heavy atom. The van der Waals surface area contributed by atoms with Crippen molar-refractivity contribution in [3.8, 4) is 0 Å². The zero-order valence-electron chi connectivity index (χ0n) is 12.5. The van der Waals surface area contributed by atoms with Crippen molar-refractivity contribution in [1.82, 2.24) is 4.90 Å². The van der Waals surface area contributed by atoms with Crippen LogP contribution in [0, 0.1) is 0 Å². The monoisotopic (exact) mass is 287 g/mol. The Morgan fingerprint density at radius 1 is 0.909 bits per heavy atom. The van der Waals surface area contributed by atoms with E-state index in [-0.39, 0.29) is 11.9 Å². The van der Waals surface area contributed by atoms with Gasteiger partial charge in [0.15, 0.2) is 0 Å². The van der Waals surface area contributed by atoms with E-state index < -0.39 is 0 Å². The highest BCUT2D eigenvalue weighted by Gasteiger charge is 2.31. The van der Waals surface area contributed by atoms with Gasteiger partial charge in [-0.25, -0.2) is 0 Å². The summed E-state index contributed by atoms with van der Waals surface area (Å²) in [4.78, 5) is 14.5. The molecule has 3 aromatic carbocycles. The molecule has 0 saturated carbocycles. The van der Waals surface area contributed by atoms with E-state index in [2.05, 4.69) is 48.5 Å². The molecule has 1 amide bonds. The van der Waals surface area contributed by atoms with E-state index in [0.717, 1.165) is 17.5 Å². The van der Waals surface area contributed by atoms with Crippen molar-refractivity contribution in [2.45, 2.75) is 12.5 Å². The van der Waals surface area contributed by atoms with Crippen LogP contribution >= 0.6 is 0 Å². The van der Waals surface area contributed by atoms with Crippen LogP contribution in [-0.2, 0) is 6.42 Å². The molecule has 1 atom stereocenters. The largest absolute Gasteiger partial charge is 0.334 e. The third kappa shape index (κ3) is 1.92. The first-order valence-corrected chi connectivity index (χ1v) is 7.58. The van der Waals surface area contributed by atoms with Gasteiger partial charge in [-0.3, -0.25) is 4.79 Å². The van der Waals surface area contributed by atoms with Gasteiger partial charge in [0.2, 0.25) is 0 Å². The second kappa shape index (κ2) is 4.99. The lowest BCUT2D eigenvalue weighted by Crippen LogP contribution is -2.37. The van der Waals surface area contributed by atoms with Crippen LogP contribution in [0.4, 0.5) is 0 Å². The fourth-order valence-electron chi connectivity index (χ4n) is 3.44. The van der Waals surface area contributed by atoms with Gasteiger partial charge in [0, 0.05) is 12.6 Å². The van der Waals surface area contributed by atoms with E-state index >= 15 is 0 Å². The van der Waals surface area contributed by atoms with Gasteiger partial charge in [-0.15, -0.1) is 0 Å². The number of likely N-dealkylation sites (N-methyl/N-ethyl adjacent to an activating group) is 1. The topological polar surface area (TPSA) is 20.3 Å². The Bertz CT molecular complexity index is 863. The fraction of sp³-hybridized carbons (Fsp3) is 0.150. The molecule has 1 aliphatic rings. The average molecular weight is 287 g/mol. The van der Waals surface area contributed by atoms with Gasteiger partial charge in [0.1, 0.15) is 0 Å². The number of hydrogen-bond donors (Lipinski definition) is 0. The molecule has 0 aromatic heterocycles. The highest BCUT2D eigenvalue weighted by Crippen LogP contribution is 2.35. The van der Waals surface area contributed by atoms with Crippen LogP contribution in [-0.4, -0.2) is 17.9 Å². The van der Waals surface area contributed by atoms with Gasteiger partial charge in [-0.2, -0.15) is 0 Å². The number of hydrogen-bond acceptors (Lipinski definition) is 1. The predicted octanol–water partition coefficient (Wildman–Crippen LogP) is 4.21. The number of amides is 1. The van der Waals surface area contributed by atoms with Gasteiger partial charge < -0.3 is 4.90 Å². The molecule has 1 unspecified atom stereocenters. The number of nitrogens with zero attached hydrogens (tertiary/aromatic N) is 1. The molecule has 108 valence electrons. The van der Waals surface area contributed by atoms with Gasteiger partial charge in [0.25, 0.3) is 5.91 Å². The molecular weight excluding hydrogens is 270 g/mol. The zero-order valence-corrected chi connectivity index (χ0v) is 12.5. The van der Waals surface area contributed by atoms with E-state index in [1.54, 1.807) is 0 Å². The third-order valence-electron chi connectivity index (χ3n) is 4.63. The zero-order chi connectivity index (χ0) is 15.1. The van der Waals surface area contributed by atoms with Crippen molar-refractivity contribution < 1.29 is 4.79 Å². The molecule has 0 fully saturated rings. The minimum Gasteiger partial charge on any atom is -0.334 e. The number of rotatable bonds is 1. The first-order valence-electron chi connectivity index (χ1n) is 7.58. The lowest BCUT2D eigenvalue weighted by molar-refractivity contribution is 0.0706. The van der Waals surface area contributed by atoms with E-state index in [4.69, 9.17) is 0 Å². The van der Waals surface area contributed by atoms with Gasteiger partial charge >= 0.3 is 0 Å². The summed E-state index contributed by atoms with van der Waals surface area (Å²) in [6.45, 7) is 0. The summed E-state index contributed by atoms with van der Waals surface area (Å²) in [5.74, 6) is 0.111. The maximum Gasteiger partial charge on any atom is 0.254 e. The Hall–Kier alpha value is -2.61. The van der Waals surface area contributed by atoms with Crippen molar-refractivity contribution in [3.63, 3.8) is 0 Å². The molecule has 2 heteroatoms. The van der Waals surface area contributed by atoms with Gasteiger partial charge in [-0.1, -0.05) is 60.7 Å². The summed E-state index contributed by atoms with van der Waals surface area (Å²) >= 11 is 0. The lowest BCUT2D eigenvalue weighted by Gasteiger charge is -2.34. The standard InChI is InChI=1S/C20H17NO/c1-21-19(13-15-8-3-5-11-17(15)20(21)22)18-12-6-9-14-7-2-4-10-16(14)18/h2-12,19H,13H2,1H3. The van der Waals surface area contributed by atoms with Crippen LogP contribution in [0.5, 0.6) is 0 Å². The van der Waals surface area contributed by atoms with Crippen LogP contribution in [0.1, 0.15) is 27.5 Å². The van der Waals surface area contributed by atoms with Crippen molar-refractivity contribution >= 4 is 16.7 Å². The van der Waals surface area contributed by atoms with Crippen LogP contribution in [0.25, 0.3) is 10.8 Å². The molecular formula is C20H17NO. The Labute approximate surface area is 130 Å². The van der Waals surface area contributed by atoms with Crippen LogP contribution in [0.2, 0.25) is 0 Å². The molecule has 0 bridgehead atoms. The van der Waals surface area contributed by atoms with Crippen molar-refractivity contribution in [3.05, 3.63) is 83.4 Å². The molecule has 0 saturated heterocycles. The van der Waals surface area contributed by atoms with Crippen molar-refractivity contribution in [1.29, 1.82) is 0 Å². The van der Waals surface area contributed by atoms with E-state index in [1.807, 2.05) is 30.1 Å². The second-order valence-corrected chi connectivity index (χ2v) is 5.86. The number of carbonyl (C=O) groups is 1. The van der Waals surface area contributed by atoms with Crippen LogP contribution < -0.4 is 0 Å². The summed E-state index contributed by atoms with van der Waals surface area (Å²) in [7, 11) is 1.91. The molecule has 1 heterocycles. The Kier molecular flexibility index (Phi) is 2.97. The van der Waals surface area contributed by atoms with Crippen LogP contribution in [0.15, 0.2) is 66.7 Å². The molecule has 22 heavy (non-hydrogen) atoms. The molecule has 0 N–H and O–H groups in total. The smallest absolute Gasteiger partial charge is 0.254 e. The fourth-order valence-corrected chi connectivity index (χ4v) is 3.44. The maximum absolute atomic E-state index is 12.7. The molecule has 0 aliphatic carbocycles. The molecule has 2 nitrogen and oxygen atoms in total. The quantitative estimate of drug-likeness (QED) is 0.656. The third-order valence-corrected chi connectivity index (χ3v) is 4.63.